The summed E-state index contributed by atoms with van der Waals surface area (Å²) >= 11 is 5.86. The van der Waals surface area contributed by atoms with Gasteiger partial charge in [0.05, 0.1) is 21.6 Å². The van der Waals surface area contributed by atoms with E-state index in [1.807, 2.05) is 0 Å². The van der Waals surface area contributed by atoms with Crippen molar-refractivity contribution in [3.63, 3.8) is 0 Å². The average molecular weight is 500 g/mol. The molecule has 0 saturated carbocycles. The van der Waals surface area contributed by atoms with Crippen LogP contribution in [0.25, 0.3) is 38.9 Å². The first kappa shape index (κ1) is 23.3. The van der Waals surface area contributed by atoms with Gasteiger partial charge in [-0.05, 0) is 49.6 Å². The van der Waals surface area contributed by atoms with Gasteiger partial charge in [-0.2, -0.15) is 13.2 Å². The van der Waals surface area contributed by atoms with Crippen molar-refractivity contribution in [3.8, 4) is 5.69 Å². The fraction of sp³-hybridized carbons (Fsp3) is 0.280. The molecule has 0 unspecified atom stereocenters. The Morgan fingerprint density at radius 2 is 1.69 bits per heavy atom. The number of aryl methyl sites for hydroxylation is 1. The lowest BCUT2D eigenvalue weighted by molar-refractivity contribution is -0.137. The number of nitrogens with zero attached hydrogens (tertiary/aromatic N) is 5. The molecule has 0 aliphatic rings. The first-order chi connectivity index (χ1) is 16.6. The van der Waals surface area contributed by atoms with E-state index in [-0.39, 0.29) is 33.4 Å². The fourth-order valence-corrected chi connectivity index (χ4v) is 4.42. The van der Waals surface area contributed by atoms with Crippen molar-refractivity contribution in [1.29, 1.82) is 0 Å². The molecule has 0 aliphatic carbocycles. The molecule has 35 heavy (non-hydrogen) atoms. The van der Waals surface area contributed by atoms with Crippen LogP contribution in [0.4, 0.5) is 13.2 Å². The number of fused-ring (bicyclic) bond motifs is 4. The van der Waals surface area contributed by atoms with Crippen LogP contribution in [-0.2, 0) is 12.7 Å². The van der Waals surface area contributed by atoms with E-state index in [1.54, 1.807) is 35.8 Å². The predicted octanol–water partition coefficient (Wildman–Crippen LogP) is 6.31. The van der Waals surface area contributed by atoms with Gasteiger partial charge >= 0.3 is 6.18 Å². The van der Waals surface area contributed by atoms with Crippen molar-refractivity contribution in [3.05, 3.63) is 69.2 Å². The minimum Gasteiger partial charge on any atom is -0.296 e. The summed E-state index contributed by atoms with van der Waals surface area (Å²) in [4.78, 5) is 27.7. The van der Waals surface area contributed by atoms with Crippen LogP contribution in [0.1, 0.15) is 31.7 Å². The molecular weight excluding hydrogens is 479 g/mol. The van der Waals surface area contributed by atoms with Crippen LogP contribution >= 0.6 is 11.6 Å². The van der Waals surface area contributed by atoms with Gasteiger partial charge in [0.15, 0.2) is 11.3 Å². The van der Waals surface area contributed by atoms with Gasteiger partial charge in [0.1, 0.15) is 16.7 Å². The largest absolute Gasteiger partial charge is 0.417 e. The van der Waals surface area contributed by atoms with E-state index in [0.29, 0.717) is 29.3 Å². The molecule has 0 N–H and O–H groups in total. The summed E-state index contributed by atoms with van der Waals surface area (Å²) in [5, 5.41) is -0.199. The third kappa shape index (κ3) is 3.93. The van der Waals surface area contributed by atoms with Crippen molar-refractivity contribution in [2.75, 3.05) is 0 Å². The van der Waals surface area contributed by atoms with Crippen LogP contribution in [0.2, 0.25) is 5.02 Å². The first-order valence-electron chi connectivity index (χ1n) is 11.1. The molecule has 0 bridgehead atoms. The standard InChI is InChI=1S/C25H21ClF3N5O/c1-13(2)10-11-33-14(3)30-22-20(24(33)35)21-23(32-19-7-5-4-6-18(19)31-21)34(22)15-8-9-17(26)16(12-15)25(27,28)29/h4-9,12-13H,10-11H2,1-3H3. The van der Waals surface area contributed by atoms with Gasteiger partial charge in [0.25, 0.3) is 5.56 Å². The van der Waals surface area contributed by atoms with E-state index in [1.165, 1.54) is 16.7 Å². The average Bonchev–Trinajstić information content (AvgIpc) is 3.09. The highest BCUT2D eigenvalue weighted by molar-refractivity contribution is 6.31. The van der Waals surface area contributed by atoms with Gasteiger partial charge in [-0.15, -0.1) is 0 Å². The molecule has 0 saturated heterocycles. The second-order valence-electron chi connectivity index (χ2n) is 8.88. The molecule has 0 aliphatic heterocycles. The zero-order valence-electron chi connectivity index (χ0n) is 19.2. The van der Waals surface area contributed by atoms with Crippen LogP contribution in [0.15, 0.2) is 47.3 Å². The normalized spacial score (nSPS) is 12.5. The van der Waals surface area contributed by atoms with Crippen molar-refractivity contribution < 1.29 is 13.2 Å². The highest BCUT2D eigenvalue weighted by Crippen LogP contribution is 2.37. The van der Waals surface area contributed by atoms with E-state index in [4.69, 9.17) is 11.6 Å². The number of benzene rings is 2. The zero-order valence-corrected chi connectivity index (χ0v) is 19.9. The van der Waals surface area contributed by atoms with Crippen LogP contribution in [0, 0.1) is 12.8 Å². The Hall–Kier alpha value is -3.46. The van der Waals surface area contributed by atoms with E-state index < -0.39 is 16.8 Å². The summed E-state index contributed by atoms with van der Waals surface area (Å²) in [7, 11) is 0. The third-order valence-electron chi connectivity index (χ3n) is 6.00. The number of halogens is 4. The maximum atomic E-state index is 13.7. The first-order valence-corrected chi connectivity index (χ1v) is 11.5. The Kier molecular flexibility index (Phi) is 5.55. The number of rotatable bonds is 4. The van der Waals surface area contributed by atoms with E-state index in [2.05, 4.69) is 28.8 Å². The zero-order chi connectivity index (χ0) is 25.1. The maximum absolute atomic E-state index is 13.7. The van der Waals surface area contributed by atoms with Crippen molar-refractivity contribution in [1.82, 2.24) is 24.1 Å². The van der Waals surface area contributed by atoms with Gasteiger partial charge < -0.3 is 0 Å². The predicted molar refractivity (Wildman–Crippen MR) is 130 cm³/mol. The molecule has 5 aromatic rings. The third-order valence-corrected chi connectivity index (χ3v) is 6.33. The Morgan fingerprint density at radius 1 is 1.00 bits per heavy atom. The van der Waals surface area contributed by atoms with Gasteiger partial charge in [-0.3, -0.25) is 13.9 Å². The smallest absolute Gasteiger partial charge is 0.296 e. The summed E-state index contributed by atoms with van der Waals surface area (Å²) in [5.41, 5.74) is 0.712. The quantitative estimate of drug-likeness (QED) is 0.290. The maximum Gasteiger partial charge on any atom is 0.417 e. The second-order valence-corrected chi connectivity index (χ2v) is 9.29. The lowest BCUT2D eigenvalue weighted by atomic mass is 10.1. The molecule has 3 aromatic heterocycles. The SMILES string of the molecule is Cc1nc2c(c(=O)n1CCC(C)C)c1nc3ccccc3nc1n2-c1ccc(Cl)c(C(F)(F)F)c1. The Labute approximate surface area is 203 Å². The molecule has 0 radical (unpaired) electrons. The summed E-state index contributed by atoms with van der Waals surface area (Å²) in [6.45, 7) is 6.31. The van der Waals surface area contributed by atoms with Crippen molar-refractivity contribution >= 4 is 44.8 Å². The summed E-state index contributed by atoms with van der Waals surface area (Å²) < 4.78 is 44.0. The molecule has 5 rings (SSSR count). The molecule has 0 spiro atoms. The second kappa shape index (κ2) is 8.34. The number of hydrogen-bond donors (Lipinski definition) is 0. The van der Waals surface area contributed by atoms with Crippen LogP contribution in [0.3, 0.4) is 0 Å². The number of para-hydroxylation sites is 2. The van der Waals surface area contributed by atoms with Crippen molar-refractivity contribution in [2.24, 2.45) is 5.92 Å². The summed E-state index contributed by atoms with van der Waals surface area (Å²) in [6, 6.07) is 10.7. The minimum absolute atomic E-state index is 0.137. The monoisotopic (exact) mass is 499 g/mol. The highest BCUT2D eigenvalue weighted by Gasteiger charge is 2.34. The van der Waals surface area contributed by atoms with Crippen LogP contribution < -0.4 is 5.56 Å². The molecule has 180 valence electrons. The Balaban J connectivity index is 1.92. The lowest BCUT2D eigenvalue weighted by Gasteiger charge is -2.14. The topological polar surface area (TPSA) is 65.6 Å². The van der Waals surface area contributed by atoms with Crippen LogP contribution in [0.5, 0.6) is 0 Å². The fourth-order valence-electron chi connectivity index (χ4n) is 4.20. The van der Waals surface area contributed by atoms with Gasteiger partial charge in [-0.25, -0.2) is 15.0 Å². The molecule has 10 heteroatoms. The van der Waals surface area contributed by atoms with Crippen LogP contribution in [-0.4, -0.2) is 24.1 Å². The molecule has 2 aromatic carbocycles. The van der Waals surface area contributed by atoms with E-state index >= 15 is 0 Å². The molecule has 0 atom stereocenters. The molecule has 6 nitrogen and oxygen atoms in total. The molecule has 3 heterocycles. The lowest BCUT2D eigenvalue weighted by Crippen LogP contribution is -2.24. The highest BCUT2D eigenvalue weighted by atomic mass is 35.5. The Bertz CT molecular complexity index is 1670. The van der Waals surface area contributed by atoms with Gasteiger partial charge in [0.2, 0.25) is 0 Å². The summed E-state index contributed by atoms with van der Waals surface area (Å²) in [6.07, 6.45) is -3.88. The molecular formula is C25H21ClF3N5O. The summed E-state index contributed by atoms with van der Waals surface area (Å²) in [5.74, 6) is 0.832. The van der Waals surface area contributed by atoms with Crippen molar-refractivity contribution in [2.45, 2.75) is 39.9 Å². The Morgan fingerprint density at radius 3 is 2.34 bits per heavy atom. The molecule has 0 amide bonds. The molecule has 0 fully saturated rings. The van der Waals surface area contributed by atoms with Gasteiger partial charge in [0, 0.05) is 12.2 Å². The number of alkyl halides is 3. The minimum atomic E-state index is -4.66. The van der Waals surface area contributed by atoms with Gasteiger partial charge in [-0.1, -0.05) is 37.6 Å². The number of hydrogen-bond acceptors (Lipinski definition) is 4. The van der Waals surface area contributed by atoms with E-state index in [9.17, 15) is 18.0 Å². The van der Waals surface area contributed by atoms with E-state index in [0.717, 1.165) is 12.5 Å². The number of aromatic nitrogens is 5.